The molecule has 0 spiro atoms. The minimum absolute atomic E-state index is 0.0653. The predicted octanol–water partition coefficient (Wildman–Crippen LogP) is 3.66. The van der Waals surface area contributed by atoms with Crippen LogP contribution in [-0.4, -0.2) is 41.0 Å². The topological polar surface area (TPSA) is 69.6 Å². The van der Waals surface area contributed by atoms with Gasteiger partial charge in [0.1, 0.15) is 0 Å². The van der Waals surface area contributed by atoms with Crippen LogP contribution < -0.4 is 5.32 Å². The first kappa shape index (κ1) is 20.1. The number of carbonyl (C=O) groups is 2. The van der Waals surface area contributed by atoms with E-state index in [-0.39, 0.29) is 11.8 Å². The molecule has 0 aromatic heterocycles. The lowest BCUT2D eigenvalue weighted by Gasteiger charge is -2.34. The van der Waals surface area contributed by atoms with Crippen molar-refractivity contribution >= 4 is 11.9 Å². The number of piperidine rings is 1. The first-order valence-electron chi connectivity index (χ1n) is 9.97. The second-order valence-electron chi connectivity index (χ2n) is 7.36. The SMILES string of the molecule is CCC(C(=O)N1CCC(NCc2cccc(C(=O)O)c2)CC1)c1ccccc1. The minimum Gasteiger partial charge on any atom is -0.478 e. The van der Waals surface area contributed by atoms with Gasteiger partial charge in [0, 0.05) is 25.7 Å². The first-order chi connectivity index (χ1) is 13.6. The van der Waals surface area contributed by atoms with E-state index in [1.54, 1.807) is 18.2 Å². The van der Waals surface area contributed by atoms with E-state index < -0.39 is 5.97 Å². The third kappa shape index (κ3) is 4.98. The molecule has 0 aliphatic carbocycles. The monoisotopic (exact) mass is 380 g/mol. The molecule has 1 atom stereocenters. The Kier molecular flexibility index (Phi) is 6.82. The standard InChI is InChI=1S/C23H28N2O3/c1-2-21(18-8-4-3-5-9-18)22(26)25-13-11-20(12-14-25)24-16-17-7-6-10-19(15-17)23(27)28/h3-10,15,20-21,24H,2,11-14,16H2,1H3,(H,27,28). The smallest absolute Gasteiger partial charge is 0.335 e. The van der Waals surface area contributed by atoms with Crippen molar-refractivity contribution in [2.45, 2.75) is 44.7 Å². The Bertz CT molecular complexity index is 799. The van der Waals surface area contributed by atoms with Crippen LogP contribution in [0.2, 0.25) is 0 Å². The van der Waals surface area contributed by atoms with Crippen LogP contribution in [0.25, 0.3) is 0 Å². The van der Waals surface area contributed by atoms with Crippen LogP contribution in [0.4, 0.5) is 0 Å². The van der Waals surface area contributed by atoms with Gasteiger partial charge in [-0.15, -0.1) is 0 Å². The van der Waals surface area contributed by atoms with E-state index in [0.717, 1.165) is 43.5 Å². The molecule has 148 valence electrons. The maximum absolute atomic E-state index is 13.0. The zero-order chi connectivity index (χ0) is 19.9. The van der Waals surface area contributed by atoms with Crippen molar-refractivity contribution in [3.05, 3.63) is 71.3 Å². The Labute approximate surface area is 166 Å². The molecular weight excluding hydrogens is 352 g/mol. The summed E-state index contributed by atoms with van der Waals surface area (Å²) in [6.07, 6.45) is 2.63. The van der Waals surface area contributed by atoms with E-state index >= 15 is 0 Å². The molecule has 5 heteroatoms. The molecule has 2 N–H and O–H groups in total. The van der Waals surface area contributed by atoms with Gasteiger partial charge >= 0.3 is 5.97 Å². The second kappa shape index (κ2) is 9.51. The summed E-state index contributed by atoms with van der Waals surface area (Å²) in [5.74, 6) is -0.747. The van der Waals surface area contributed by atoms with Gasteiger partial charge in [0.05, 0.1) is 11.5 Å². The van der Waals surface area contributed by atoms with Crippen LogP contribution in [-0.2, 0) is 11.3 Å². The number of nitrogens with zero attached hydrogens (tertiary/aromatic N) is 1. The van der Waals surface area contributed by atoms with Crippen molar-refractivity contribution in [2.75, 3.05) is 13.1 Å². The fourth-order valence-electron chi connectivity index (χ4n) is 3.84. The fraction of sp³-hybridized carbons (Fsp3) is 0.391. The van der Waals surface area contributed by atoms with Gasteiger partial charge in [0.15, 0.2) is 0 Å². The van der Waals surface area contributed by atoms with Gasteiger partial charge in [0.25, 0.3) is 0 Å². The number of likely N-dealkylation sites (tertiary alicyclic amines) is 1. The number of amides is 1. The maximum Gasteiger partial charge on any atom is 0.335 e. The summed E-state index contributed by atoms with van der Waals surface area (Å²) < 4.78 is 0. The molecule has 0 bridgehead atoms. The molecule has 1 amide bonds. The number of carboxylic acids is 1. The van der Waals surface area contributed by atoms with E-state index in [0.29, 0.717) is 18.2 Å². The maximum atomic E-state index is 13.0. The van der Waals surface area contributed by atoms with Crippen molar-refractivity contribution in [1.29, 1.82) is 0 Å². The third-order valence-corrected chi connectivity index (χ3v) is 5.48. The molecule has 0 radical (unpaired) electrons. The highest BCUT2D eigenvalue weighted by Gasteiger charge is 2.28. The fourth-order valence-corrected chi connectivity index (χ4v) is 3.84. The van der Waals surface area contributed by atoms with Crippen LogP contribution in [0.3, 0.4) is 0 Å². The quantitative estimate of drug-likeness (QED) is 0.769. The number of nitrogens with one attached hydrogen (secondary N) is 1. The van der Waals surface area contributed by atoms with Gasteiger partial charge in [-0.25, -0.2) is 4.79 Å². The zero-order valence-electron chi connectivity index (χ0n) is 16.3. The van der Waals surface area contributed by atoms with E-state index in [4.69, 9.17) is 5.11 Å². The highest BCUT2D eigenvalue weighted by Crippen LogP contribution is 2.24. The summed E-state index contributed by atoms with van der Waals surface area (Å²) in [6, 6.07) is 17.4. The predicted molar refractivity (Wildman–Crippen MR) is 109 cm³/mol. The lowest BCUT2D eigenvalue weighted by molar-refractivity contribution is -0.134. The van der Waals surface area contributed by atoms with Crippen LogP contribution in [0.5, 0.6) is 0 Å². The number of carboxylic acid groups (broad SMARTS) is 1. The lowest BCUT2D eigenvalue weighted by Crippen LogP contribution is -2.46. The molecule has 0 saturated carbocycles. The molecule has 1 aliphatic rings. The molecule has 1 unspecified atom stereocenters. The second-order valence-corrected chi connectivity index (χ2v) is 7.36. The van der Waals surface area contributed by atoms with Crippen LogP contribution >= 0.6 is 0 Å². The number of benzene rings is 2. The van der Waals surface area contributed by atoms with E-state index in [9.17, 15) is 9.59 Å². The Morgan fingerprint density at radius 1 is 1.11 bits per heavy atom. The Morgan fingerprint density at radius 2 is 1.82 bits per heavy atom. The Morgan fingerprint density at radius 3 is 2.46 bits per heavy atom. The number of rotatable bonds is 7. The summed E-state index contributed by atoms with van der Waals surface area (Å²) in [6.45, 7) is 4.22. The summed E-state index contributed by atoms with van der Waals surface area (Å²) in [5.41, 5.74) is 2.37. The average molecular weight is 380 g/mol. The molecule has 1 fully saturated rings. The number of hydrogen-bond donors (Lipinski definition) is 2. The van der Waals surface area contributed by atoms with Gasteiger partial charge in [0.2, 0.25) is 5.91 Å². The minimum atomic E-state index is -0.905. The number of hydrogen-bond acceptors (Lipinski definition) is 3. The summed E-state index contributed by atoms with van der Waals surface area (Å²) in [5, 5.41) is 12.6. The molecule has 2 aromatic carbocycles. The Hall–Kier alpha value is -2.66. The summed E-state index contributed by atoms with van der Waals surface area (Å²) >= 11 is 0. The highest BCUT2D eigenvalue weighted by atomic mass is 16.4. The van der Waals surface area contributed by atoms with Crippen molar-refractivity contribution in [1.82, 2.24) is 10.2 Å². The van der Waals surface area contributed by atoms with Crippen LogP contribution in [0, 0.1) is 0 Å². The van der Waals surface area contributed by atoms with Crippen molar-refractivity contribution in [3.63, 3.8) is 0 Å². The van der Waals surface area contributed by atoms with Crippen molar-refractivity contribution < 1.29 is 14.7 Å². The third-order valence-electron chi connectivity index (χ3n) is 5.48. The van der Waals surface area contributed by atoms with Gasteiger partial charge in [-0.2, -0.15) is 0 Å². The normalized spacial score (nSPS) is 16.0. The molecule has 1 heterocycles. The van der Waals surface area contributed by atoms with Crippen molar-refractivity contribution in [3.8, 4) is 0 Å². The number of carbonyl (C=O) groups excluding carboxylic acids is 1. The van der Waals surface area contributed by atoms with Gasteiger partial charge in [-0.05, 0) is 42.5 Å². The largest absolute Gasteiger partial charge is 0.478 e. The average Bonchev–Trinajstić information content (AvgIpc) is 2.74. The molecule has 1 aliphatic heterocycles. The lowest BCUT2D eigenvalue weighted by atomic mass is 9.93. The van der Waals surface area contributed by atoms with Crippen molar-refractivity contribution in [2.24, 2.45) is 0 Å². The number of aromatic carboxylic acids is 1. The van der Waals surface area contributed by atoms with Crippen LogP contribution in [0.15, 0.2) is 54.6 Å². The first-order valence-corrected chi connectivity index (χ1v) is 9.97. The van der Waals surface area contributed by atoms with Gasteiger partial charge in [-0.1, -0.05) is 49.4 Å². The summed E-state index contributed by atoms with van der Waals surface area (Å²) in [4.78, 5) is 26.0. The molecular formula is C23H28N2O3. The molecule has 28 heavy (non-hydrogen) atoms. The zero-order valence-corrected chi connectivity index (χ0v) is 16.3. The summed E-state index contributed by atoms with van der Waals surface area (Å²) in [7, 11) is 0. The van der Waals surface area contributed by atoms with Gasteiger partial charge in [-0.3, -0.25) is 4.79 Å². The molecule has 1 saturated heterocycles. The highest BCUT2D eigenvalue weighted by molar-refractivity contribution is 5.87. The Balaban J connectivity index is 1.51. The molecule has 5 nitrogen and oxygen atoms in total. The van der Waals surface area contributed by atoms with Gasteiger partial charge < -0.3 is 15.3 Å². The van der Waals surface area contributed by atoms with E-state index in [1.807, 2.05) is 41.3 Å². The molecule has 3 rings (SSSR count). The molecule has 2 aromatic rings. The van der Waals surface area contributed by atoms with Crippen LogP contribution in [0.1, 0.15) is 53.6 Å². The van der Waals surface area contributed by atoms with E-state index in [1.165, 1.54) is 0 Å². The van der Waals surface area contributed by atoms with E-state index in [2.05, 4.69) is 12.2 Å².